The van der Waals surface area contributed by atoms with Gasteiger partial charge in [-0.15, -0.1) is 0 Å². The van der Waals surface area contributed by atoms with Crippen molar-refractivity contribution in [2.75, 3.05) is 10.6 Å². The van der Waals surface area contributed by atoms with Gasteiger partial charge >= 0.3 is 6.03 Å². The van der Waals surface area contributed by atoms with E-state index in [1.54, 1.807) is 0 Å². The molecule has 0 aliphatic heterocycles. The number of carbonyl (C=O) groups is 1. The SMILES string of the molecule is O=C(Nc1ccccc1)Nc1ccc(Cc2cc[nH+]cc2)cc1. The summed E-state index contributed by atoms with van der Waals surface area (Å²) in [7, 11) is 0. The molecule has 0 aliphatic carbocycles. The molecule has 0 fully saturated rings. The number of nitrogens with one attached hydrogen (secondary N) is 3. The fourth-order valence-electron chi connectivity index (χ4n) is 2.30. The molecule has 0 spiro atoms. The number of carbonyl (C=O) groups excluding carboxylic acids is 1. The molecule has 0 unspecified atom stereocenters. The summed E-state index contributed by atoms with van der Waals surface area (Å²) in [5.74, 6) is 0. The van der Waals surface area contributed by atoms with Crippen LogP contribution < -0.4 is 15.6 Å². The third kappa shape index (κ3) is 4.41. The Hall–Kier alpha value is -3.14. The summed E-state index contributed by atoms with van der Waals surface area (Å²) in [5.41, 5.74) is 3.97. The maximum absolute atomic E-state index is 11.9. The van der Waals surface area contributed by atoms with Gasteiger partial charge in [-0.2, -0.15) is 0 Å². The van der Waals surface area contributed by atoms with E-state index in [0.717, 1.165) is 17.8 Å². The molecule has 23 heavy (non-hydrogen) atoms. The van der Waals surface area contributed by atoms with Crippen molar-refractivity contribution in [1.82, 2.24) is 0 Å². The van der Waals surface area contributed by atoms with Gasteiger partial charge in [0.1, 0.15) is 0 Å². The van der Waals surface area contributed by atoms with Crippen LogP contribution >= 0.6 is 0 Å². The molecule has 4 nitrogen and oxygen atoms in total. The summed E-state index contributed by atoms with van der Waals surface area (Å²) < 4.78 is 0. The largest absolute Gasteiger partial charge is 0.323 e. The number of aromatic nitrogens is 1. The van der Waals surface area contributed by atoms with Crippen LogP contribution in [0.15, 0.2) is 79.1 Å². The van der Waals surface area contributed by atoms with E-state index in [0.29, 0.717) is 0 Å². The Kier molecular flexibility index (Phi) is 4.64. The van der Waals surface area contributed by atoms with Crippen LogP contribution in [0.2, 0.25) is 0 Å². The highest BCUT2D eigenvalue weighted by atomic mass is 16.2. The highest BCUT2D eigenvalue weighted by Gasteiger charge is 2.03. The van der Waals surface area contributed by atoms with Gasteiger partial charge in [-0.25, -0.2) is 9.78 Å². The van der Waals surface area contributed by atoms with E-state index >= 15 is 0 Å². The van der Waals surface area contributed by atoms with Crippen molar-refractivity contribution in [3.05, 3.63) is 90.3 Å². The van der Waals surface area contributed by atoms with Gasteiger partial charge in [-0.3, -0.25) is 0 Å². The van der Waals surface area contributed by atoms with Crippen molar-refractivity contribution in [2.24, 2.45) is 0 Å². The van der Waals surface area contributed by atoms with Crippen LogP contribution in [0, 0.1) is 0 Å². The number of H-pyrrole nitrogens is 1. The van der Waals surface area contributed by atoms with Gasteiger partial charge in [0.05, 0.1) is 0 Å². The quantitative estimate of drug-likeness (QED) is 0.758. The Bertz CT molecular complexity index is 756. The zero-order valence-corrected chi connectivity index (χ0v) is 12.6. The Morgan fingerprint density at radius 1 is 0.739 bits per heavy atom. The van der Waals surface area contributed by atoms with Gasteiger partial charge in [-0.05, 0) is 41.8 Å². The Labute approximate surface area is 135 Å². The number of amides is 2. The molecular weight excluding hydrogens is 286 g/mol. The molecule has 1 aromatic heterocycles. The zero-order chi connectivity index (χ0) is 15.9. The minimum absolute atomic E-state index is 0.248. The van der Waals surface area contributed by atoms with Crippen molar-refractivity contribution in [2.45, 2.75) is 6.42 Å². The van der Waals surface area contributed by atoms with Gasteiger partial charge in [0.25, 0.3) is 0 Å². The number of rotatable bonds is 4. The van der Waals surface area contributed by atoms with Crippen molar-refractivity contribution in [3.63, 3.8) is 0 Å². The molecular formula is C19H18N3O+. The summed E-state index contributed by atoms with van der Waals surface area (Å²) in [6.45, 7) is 0. The number of hydrogen-bond donors (Lipinski definition) is 2. The monoisotopic (exact) mass is 304 g/mol. The number of para-hydroxylation sites is 1. The molecule has 3 rings (SSSR count). The van der Waals surface area contributed by atoms with E-state index in [-0.39, 0.29) is 6.03 Å². The first-order valence-corrected chi connectivity index (χ1v) is 7.46. The first kappa shape index (κ1) is 14.8. The average molecular weight is 304 g/mol. The lowest BCUT2D eigenvalue weighted by Crippen LogP contribution is -2.19. The van der Waals surface area contributed by atoms with E-state index < -0.39 is 0 Å². The lowest BCUT2D eigenvalue weighted by atomic mass is 10.1. The molecule has 3 N–H and O–H groups in total. The summed E-state index contributed by atoms with van der Waals surface area (Å²) in [5, 5.41) is 5.62. The second-order valence-electron chi connectivity index (χ2n) is 5.23. The maximum atomic E-state index is 11.9. The van der Waals surface area contributed by atoms with E-state index in [1.165, 1.54) is 11.1 Å². The van der Waals surface area contributed by atoms with Crippen LogP contribution in [0.5, 0.6) is 0 Å². The second kappa shape index (κ2) is 7.22. The number of aromatic amines is 1. The standard InChI is InChI=1S/C19H17N3O/c23-19(21-17-4-2-1-3-5-17)22-18-8-6-15(7-9-18)14-16-10-12-20-13-11-16/h1-13H,14H2,(H2,21,22,23)/p+1. The van der Waals surface area contributed by atoms with Crippen molar-refractivity contribution in [1.29, 1.82) is 0 Å². The smallest absolute Gasteiger partial charge is 0.308 e. The first-order chi connectivity index (χ1) is 11.3. The average Bonchev–Trinajstić information content (AvgIpc) is 2.58. The van der Waals surface area contributed by atoms with Gasteiger partial charge in [0.15, 0.2) is 12.4 Å². The lowest BCUT2D eigenvalue weighted by Gasteiger charge is -2.08. The zero-order valence-electron chi connectivity index (χ0n) is 12.6. The summed E-state index contributed by atoms with van der Waals surface area (Å²) in [6.07, 6.45) is 4.70. The maximum Gasteiger partial charge on any atom is 0.323 e. The third-order valence-corrected chi connectivity index (χ3v) is 3.44. The molecule has 2 amide bonds. The normalized spacial score (nSPS) is 10.1. The number of pyridine rings is 1. The van der Waals surface area contributed by atoms with E-state index in [4.69, 9.17) is 0 Å². The van der Waals surface area contributed by atoms with Crippen LogP contribution in [0.4, 0.5) is 16.2 Å². The van der Waals surface area contributed by atoms with Gasteiger partial charge in [0.2, 0.25) is 0 Å². The fraction of sp³-hybridized carbons (Fsp3) is 0.0526. The summed E-state index contributed by atoms with van der Waals surface area (Å²) in [4.78, 5) is 14.9. The van der Waals surface area contributed by atoms with Crippen LogP contribution in [-0.4, -0.2) is 6.03 Å². The lowest BCUT2D eigenvalue weighted by molar-refractivity contribution is -0.378. The minimum Gasteiger partial charge on any atom is -0.308 e. The molecule has 0 bridgehead atoms. The predicted octanol–water partition coefficient (Wildman–Crippen LogP) is 3.74. The van der Waals surface area contributed by atoms with Crippen molar-refractivity contribution >= 4 is 17.4 Å². The van der Waals surface area contributed by atoms with Crippen molar-refractivity contribution in [3.8, 4) is 0 Å². The number of urea groups is 1. The first-order valence-electron chi connectivity index (χ1n) is 7.46. The third-order valence-electron chi connectivity index (χ3n) is 3.44. The molecule has 0 atom stereocenters. The Balaban J connectivity index is 1.58. The number of benzene rings is 2. The molecule has 3 aromatic rings. The van der Waals surface area contributed by atoms with E-state index in [9.17, 15) is 4.79 Å². The highest BCUT2D eigenvalue weighted by Crippen LogP contribution is 2.14. The molecule has 1 heterocycles. The molecule has 0 radical (unpaired) electrons. The van der Waals surface area contributed by atoms with Crippen LogP contribution in [0.3, 0.4) is 0 Å². The van der Waals surface area contributed by atoms with E-state index in [1.807, 2.05) is 67.0 Å². The Morgan fingerprint density at radius 2 is 1.30 bits per heavy atom. The molecule has 2 aromatic carbocycles. The van der Waals surface area contributed by atoms with E-state index in [2.05, 4.69) is 27.8 Å². The van der Waals surface area contributed by atoms with Gasteiger partial charge in [-0.1, -0.05) is 30.3 Å². The van der Waals surface area contributed by atoms with Crippen molar-refractivity contribution < 1.29 is 9.78 Å². The molecule has 0 aliphatic rings. The molecule has 0 saturated carbocycles. The fourth-order valence-corrected chi connectivity index (χ4v) is 2.30. The van der Waals surface area contributed by atoms with Crippen LogP contribution in [0.25, 0.3) is 0 Å². The van der Waals surface area contributed by atoms with Crippen LogP contribution in [0.1, 0.15) is 11.1 Å². The second-order valence-corrected chi connectivity index (χ2v) is 5.23. The predicted molar refractivity (Wildman–Crippen MR) is 91.3 cm³/mol. The number of hydrogen-bond acceptors (Lipinski definition) is 1. The molecule has 4 heteroatoms. The summed E-state index contributed by atoms with van der Waals surface area (Å²) in [6, 6.07) is 21.1. The highest BCUT2D eigenvalue weighted by molar-refractivity contribution is 5.99. The number of anilines is 2. The summed E-state index contributed by atoms with van der Waals surface area (Å²) >= 11 is 0. The molecule has 114 valence electrons. The minimum atomic E-state index is -0.248. The molecule has 0 saturated heterocycles. The topological polar surface area (TPSA) is 55.3 Å². The van der Waals surface area contributed by atoms with Crippen LogP contribution in [-0.2, 0) is 6.42 Å². The van der Waals surface area contributed by atoms with Gasteiger partial charge in [0, 0.05) is 23.5 Å². The Morgan fingerprint density at radius 3 is 1.96 bits per heavy atom. The van der Waals surface area contributed by atoms with Gasteiger partial charge < -0.3 is 10.6 Å².